The van der Waals surface area contributed by atoms with Crippen molar-refractivity contribution in [2.45, 2.75) is 13.1 Å². The molecule has 1 aromatic carbocycles. The number of benzene rings is 1. The minimum atomic E-state index is -0.369. The van der Waals surface area contributed by atoms with E-state index in [2.05, 4.69) is 5.32 Å². The zero-order valence-electron chi connectivity index (χ0n) is 10.2. The first-order valence-corrected chi connectivity index (χ1v) is 5.71. The third-order valence-corrected chi connectivity index (χ3v) is 2.72. The van der Waals surface area contributed by atoms with E-state index in [1.807, 2.05) is 36.0 Å². The molecule has 3 nitrogen and oxygen atoms in total. The molecule has 2 rings (SSSR count). The number of hydrogen-bond donors (Lipinski definition) is 1. The van der Waals surface area contributed by atoms with E-state index < -0.39 is 0 Å². The quantitative estimate of drug-likeness (QED) is 0.894. The summed E-state index contributed by atoms with van der Waals surface area (Å²) in [6.45, 7) is 1.32. The van der Waals surface area contributed by atoms with Crippen LogP contribution in [0, 0.1) is 17.1 Å². The summed E-state index contributed by atoms with van der Waals surface area (Å²) in [5.41, 5.74) is 2.27. The minimum absolute atomic E-state index is 0.354. The van der Waals surface area contributed by atoms with Crippen LogP contribution in [0.5, 0.6) is 0 Å². The van der Waals surface area contributed by atoms with Crippen LogP contribution in [-0.4, -0.2) is 11.6 Å². The maximum Gasteiger partial charge on any atom is 0.124 e. The number of nitrogens with one attached hydrogen (secondary N) is 1. The molecule has 0 atom stereocenters. The zero-order valence-corrected chi connectivity index (χ0v) is 10.2. The minimum Gasteiger partial charge on any atom is -0.346 e. The smallest absolute Gasteiger partial charge is 0.124 e. The van der Waals surface area contributed by atoms with Gasteiger partial charge in [0.15, 0.2) is 0 Å². The van der Waals surface area contributed by atoms with E-state index in [4.69, 9.17) is 5.26 Å². The van der Waals surface area contributed by atoms with Crippen molar-refractivity contribution < 1.29 is 4.39 Å². The molecule has 0 saturated heterocycles. The van der Waals surface area contributed by atoms with E-state index in [9.17, 15) is 4.39 Å². The second-order valence-corrected chi connectivity index (χ2v) is 4.12. The summed E-state index contributed by atoms with van der Waals surface area (Å²) < 4.78 is 15.4. The van der Waals surface area contributed by atoms with Crippen molar-refractivity contribution in [3.8, 4) is 6.07 Å². The summed E-state index contributed by atoms with van der Waals surface area (Å²) in [5.74, 6) is -0.369. The molecule has 1 heterocycles. The molecule has 1 aromatic heterocycles. The van der Waals surface area contributed by atoms with Crippen LogP contribution in [0.25, 0.3) is 0 Å². The molecule has 0 radical (unpaired) electrons. The third kappa shape index (κ3) is 2.76. The Morgan fingerprint density at radius 1 is 1.39 bits per heavy atom. The van der Waals surface area contributed by atoms with Gasteiger partial charge in [0.05, 0.1) is 11.6 Å². The van der Waals surface area contributed by atoms with E-state index in [0.717, 1.165) is 17.8 Å². The maximum atomic E-state index is 13.3. The average Bonchev–Trinajstić information content (AvgIpc) is 2.76. The van der Waals surface area contributed by atoms with Crippen LogP contribution < -0.4 is 5.32 Å². The van der Waals surface area contributed by atoms with Crippen LogP contribution in [0.2, 0.25) is 0 Å². The fourth-order valence-corrected chi connectivity index (χ4v) is 1.95. The van der Waals surface area contributed by atoms with Crippen molar-refractivity contribution in [3.05, 3.63) is 59.2 Å². The number of hydrogen-bond acceptors (Lipinski definition) is 2. The fraction of sp³-hybridized carbons (Fsp3) is 0.214. The molecule has 0 amide bonds. The molecular formula is C14H14FN3. The molecule has 0 spiro atoms. The number of halogens is 1. The van der Waals surface area contributed by atoms with Crippen molar-refractivity contribution in [3.63, 3.8) is 0 Å². The molecular weight excluding hydrogens is 229 g/mol. The second kappa shape index (κ2) is 5.48. The monoisotopic (exact) mass is 243 g/mol. The Bertz CT molecular complexity index is 581. The van der Waals surface area contributed by atoms with Crippen LogP contribution in [0.4, 0.5) is 4.39 Å². The lowest BCUT2D eigenvalue weighted by Gasteiger charge is -2.09. The molecule has 1 N–H and O–H groups in total. The van der Waals surface area contributed by atoms with E-state index in [0.29, 0.717) is 12.1 Å². The van der Waals surface area contributed by atoms with Crippen molar-refractivity contribution in [1.82, 2.24) is 9.88 Å². The standard InChI is InChI=1S/C14H14FN3/c1-17-9-14-3-2-4-18(14)10-12-5-11(8-16)6-13(15)7-12/h2-7,17H,9-10H2,1H3. The van der Waals surface area contributed by atoms with Gasteiger partial charge in [0.25, 0.3) is 0 Å². The van der Waals surface area contributed by atoms with E-state index >= 15 is 0 Å². The average molecular weight is 243 g/mol. The van der Waals surface area contributed by atoms with Crippen LogP contribution >= 0.6 is 0 Å². The van der Waals surface area contributed by atoms with Crippen molar-refractivity contribution in [2.75, 3.05) is 7.05 Å². The Morgan fingerprint density at radius 3 is 2.94 bits per heavy atom. The molecule has 0 aliphatic rings. The van der Waals surface area contributed by atoms with Gasteiger partial charge < -0.3 is 9.88 Å². The molecule has 92 valence electrons. The molecule has 0 aliphatic heterocycles. The molecule has 0 saturated carbocycles. The van der Waals surface area contributed by atoms with Gasteiger partial charge in [-0.25, -0.2) is 4.39 Å². The molecule has 18 heavy (non-hydrogen) atoms. The van der Waals surface area contributed by atoms with Crippen LogP contribution in [0.3, 0.4) is 0 Å². The summed E-state index contributed by atoms with van der Waals surface area (Å²) in [5, 5.41) is 11.9. The Kier molecular flexibility index (Phi) is 3.75. The zero-order chi connectivity index (χ0) is 13.0. The van der Waals surface area contributed by atoms with Gasteiger partial charge in [0, 0.05) is 25.0 Å². The van der Waals surface area contributed by atoms with Crippen LogP contribution in [0.1, 0.15) is 16.8 Å². The van der Waals surface area contributed by atoms with Gasteiger partial charge in [0.1, 0.15) is 5.82 Å². The van der Waals surface area contributed by atoms with Crippen LogP contribution in [-0.2, 0) is 13.1 Å². The summed E-state index contributed by atoms with van der Waals surface area (Å²) in [6.07, 6.45) is 1.95. The van der Waals surface area contributed by atoms with Gasteiger partial charge in [-0.05, 0) is 42.9 Å². The second-order valence-electron chi connectivity index (χ2n) is 4.12. The maximum absolute atomic E-state index is 13.3. The van der Waals surface area contributed by atoms with Crippen molar-refractivity contribution >= 4 is 0 Å². The molecule has 0 unspecified atom stereocenters. The van der Waals surface area contributed by atoms with E-state index in [1.54, 1.807) is 6.07 Å². The third-order valence-electron chi connectivity index (χ3n) is 2.72. The molecule has 0 bridgehead atoms. The van der Waals surface area contributed by atoms with Gasteiger partial charge in [-0.1, -0.05) is 0 Å². The highest BCUT2D eigenvalue weighted by molar-refractivity contribution is 5.34. The largest absolute Gasteiger partial charge is 0.346 e. The Balaban J connectivity index is 2.26. The highest BCUT2D eigenvalue weighted by Crippen LogP contribution is 2.12. The summed E-state index contributed by atoms with van der Waals surface area (Å²) in [7, 11) is 1.88. The number of aromatic nitrogens is 1. The van der Waals surface area contributed by atoms with Gasteiger partial charge >= 0.3 is 0 Å². The number of nitriles is 1. The highest BCUT2D eigenvalue weighted by atomic mass is 19.1. The van der Waals surface area contributed by atoms with Gasteiger partial charge in [-0.3, -0.25) is 0 Å². The molecule has 4 heteroatoms. The predicted molar refractivity (Wildman–Crippen MR) is 67.4 cm³/mol. The molecule has 2 aromatic rings. The topological polar surface area (TPSA) is 40.8 Å². The number of nitrogens with zero attached hydrogens (tertiary/aromatic N) is 2. The Hall–Kier alpha value is -2.12. The highest BCUT2D eigenvalue weighted by Gasteiger charge is 2.04. The normalized spacial score (nSPS) is 10.3. The Labute approximate surface area is 105 Å². The number of rotatable bonds is 4. The predicted octanol–water partition coefficient (Wildman–Crippen LogP) is 2.27. The first-order chi connectivity index (χ1) is 8.72. The van der Waals surface area contributed by atoms with Gasteiger partial charge in [-0.15, -0.1) is 0 Å². The first-order valence-electron chi connectivity index (χ1n) is 5.71. The van der Waals surface area contributed by atoms with E-state index in [-0.39, 0.29) is 5.82 Å². The molecule has 0 fully saturated rings. The lowest BCUT2D eigenvalue weighted by molar-refractivity contribution is 0.621. The lowest BCUT2D eigenvalue weighted by Crippen LogP contribution is -2.11. The first kappa shape index (κ1) is 12.3. The van der Waals surface area contributed by atoms with Crippen molar-refractivity contribution in [2.24, 2.45) is 0 Å². The SMILES string of the molecule is CNCc1cccn1Cc1cc(F)cc(C#N)c1. The van der Waals surface area contributed by atoms with Gasteiger partial charge in [0.2, 0.25) is 0 Å². The summed E-state index contributed by atoms with van der Waals surface area (Å²) in [4.78, 5) is 0. The molecule has 0 aliphatic carbocycles. The van der Waals surface area contributed by atoms with Crippen molar-refractivity contribution in [1.29, 1.82) is 5.26 Å². The van der Waals surface area contributed by atoms with E-state index in [1.165, 1.54) is 12.1 Å². The summed E-state index contributed by atoms with van der Waals surface area (Å²) in [6, 6.07) is 10.4. The van der Waals surface area contributed by atoms with Gasteiger partial charge in [-0.2, -0.15) is 5.26 Å². The Morgan fingerprint density at radius 2 is 2.22 bits per heavy atom. The lowest BCUT2D eigenvalue weighted by atomic mass is 10.1. The van der Waals surface area contributed by atoms with Crippen LogP contribution in [0.15, 0.2) is 36.5 Å². The summed E-state index contributed by atoms with van der Waals surface area (Å²) >= 11 is 0. The fourth-order valence-electron chi connectivity index (χ4n) is 1.95.